The Morgan fingerprint density at radius 3 is 2.79 bits per heavy atom. The predicted octanol–water partition coefficient (Wildman–Crippen LogP) is 2.48. The normalized spacial score (nSPS) is 12.1. The van der Waals surface area contributed by atoms with E-state index in [1.54, 1.807) is 0 Å². The summed E-state index contributed by atoms with van der Waals surface area (Å²) in [5, 5.41) is 19.8. The third-order valence-electron chi connectivity index (χ3n) is 2.99. The molecule has 0 aliphatic heterocycles. The highest BCUT2D eigenvalue weighted by Crippen LogP contribution is 2.18. The first-order chi connectivity index (χ1) is 11.4. The van der Waals surface area contributed by atoms with Crippen LogP contribution in [0.4, 0.5) is 10.1 Å². The standard InChI is InChI=1S/C15H19FN4O3S/c1-3-9-8-10(4-5-11(9)16)19-14(18)13(17)15(20-22)24-7-6-12(21)23-2/h4-5,8,17,22H,3,6-7H2,1-2H3,(H2,18,19)/b17-13?,20-15+. The van der Waals surface area contributed by atoms with Crippen LogP contribution in [-0.2, 0) is 16.0 Å². The minimum absolute atomic E-state index is 0.0713. The maximum Gasteiger partial charge on any atom is 0.306 e. The van der Waals surface area contributed by atoms with Gasteiger partial charge >= 0.3 is 5.97 Å². The quantitative estimate of drug-likeness (QED) is 0.228. The second-order valence-corrected chi connectivity index (χ2v) is 5.66. The van der Waals surface area contributed by atoms with Gasteiger partial charge in [-0.3, -0.25) is 10.2 Å². The second kappa shape index (κ2) is 9.66. The van der Waals surface area contributed by atoms with Crippen molar-refractivity contribution in [3.05, 3.63) is 29.6 Å². The number of esters is 1. The van der Waals surface area contributed by atoms with E-state index in [2.05, 4.69) is 14.9 Å². The number of thioether (sulfide) groups is 1. The summed E-state index contributed by atoms with van der Waals surface area (Å²) in [6.45, 7) is 1.81. The topological polar surface area (TPSA) is 121 Å². The maximum atomic E-state index is 13.5. The summed E-state index contributed by atoms with van der Waals surface area (Å²) in [6, 6.07) is 4.26. The van der Waals surface area contributed by atoms with Gasteiger partial charge in [-0.05, 0) is 30.2 Å². The maximum absolute atomic E-state index is 13.5. The van der Waals surface area contributed by atoms with Gasteiger partial charge in [0.1, 0.15) is 11.5 Å². The van der Waals surface area contributed by atoms with Crippen LogP contribution < -0.4 is 5.73 Å². The molecule has 0 saturated heterocycles. The molecule has 1 rings (SSSR count). The predicted molar refractivity (Wildman–Crippen MR) is 93.1 cm³/mol. The zero-order chi connectivity index (χ0) is 18.1. The summed E-state index contributed by atoms with van der Waals surface area (Å²) in [4.78, 5) is 15.1. The fourth-order valence-electron chi connectivity index (χ4n) is 1.69. The Hall–Kier alpha value is -2.42. The Morgan fingerprint density at radius 1 is 1.50 bits per heavy atom. The summed E-state index contributed by atoms with van der Waals surface area (Å²) in [6.07, 6.45) is 0.599. The number of carbonyl (C=O) groups is 1. The minimum atomic E-state index is -0.411. The molecular formula is C15H19FN4O3S. The first-order valence-electron chi connectivity index (χ1n) is 7.06. The number of rotatable bonds is 7. The molecule has 0 amide bonds. The Balaban J connectivity index is 2.82. The molecule has 0 unspecified atom stereocenters. The van der Waals surface area contributed by atoms with Gasteiger partial charge < -0.3 is 15.7 Å². The largest absolute Gasteiger partial charge is 0.469 e. The van der Waals surface area contributed by atoms with Crippen molar-refractivity contribution in [2.45, 2.75) is 19.8 Å². The fraction of sp³-hybridized carbons (Fsp3) is 0.333. The summed E-state index contributed by atoms with van der Waals surface area (Å²) in [5.74, 6) is -0.660. The lowest BCUT2D eigenvalue weighted by Crippen LogP contribution is -2.29. The monoisotopic (exact) mass is 354 g/mol. The molecule has 130 valence electrons. The number of hydrogen-bond donors (Lipinski definition) is 3. The zero-order valence-electron chi connectivity index (χ0n) is 13.4. The van der Waals surface area contributed by atoms with Crippen molar-refractivity contribution in [1.82, 2.24) is 0 Å². The van der Waals surface area contributed by atoms with Gasteiger partial charge in [0.2, 0.25) is 0 Å². The van der Waals surface area contributed by atoms with Crippen molar-refractivity contribution in [1.29, 1.82) is 5.41 Å². The van der Waals surface area contributed by atoms with Crippen LogP contribution in [0.1, 0.15) is 18.9 Å². The fourth-order valence-corrected chi connectivity index (χ4v) is 2.46. The van der Waals surface area contributed by atoms with Crippen LogP contribution in [0.5, 0.6) is 0 Å². The molecule has 0 heterocycles. The number of amidine groups is 1. The van der Waals surface area contributed by atoms with Crippen molar-refractivity contribution in [3.8, 4) is 0 Å². The molecule has 0 aliphatic carbocycles. The van der Waals surface area contributed by atoms with Gasteiger partial charge in [0, 0.05) is 5.75 Å². The molecule has 7 nitrogen and oxygen atoms in total. The second-order valence-electron chi connectivity index (χ2n) is 4.58. The first-order valence-corrected chi connectivity index (χ1v) is 8.05. The molecule has 0 aliphatic rings. The SMILES string of the molecule is CCc1cc(N=C(N)C(=N)/C(=N\O)SCCC(=O)OC)ccc1F. The Labute approximate surface area is 143 Å². The van der Waals surface area contributed by atoms with Crippen LogP contribution in [0.25, 0.3) is 0 Å². The lowest BCUT2D eigenvalue weighted by Gasteiger charge is -2.06. The number of oxime groups is 1. The van der Waals surface area contributed by atoms with E-state index in [1.165, 1.54) is 25.3 Å². The number of benzene rings is 1. The number of ether oxygens (including phenoxy) is 1. The summed E-state index contributed by atoms with van der Waals surface area (Å²) >= 11 is 0.976. The number of carbonyl (C=O) groups excluding carboxylic acids is 1. The van der Waals surface area contributed by atoms with E-state index in [1.807, 2.05) is 6.92 Å². The van der Waals surface area contributed by atoms with Crippen LogP contribution in [0.15, 0.2) is 28.3 Å². The molecule has 0 aromatic heterocycles. The third kappa shape index (κ3) is 5.65. The highest BCUT2D eigenvalue weighted by atomic mass is 32.2. The van der Waals surface area contributed by atoms with Crippen molar-refractivity contribution < 1.29 is 19.1 Å². The number of nitrogens with two attached hydrogens (primary N) is 1. The lowest BCUT2D eigenvalue weighted by atomic mass is 10.1. The number of nitrogens with one attached hydrogen (secondary N) is 1. The Morgan fingerprint density at radius 2 is 2.21 bits per heavy atom. The van der Waals surface area contributed by atoms with Crippen LogP contribution >= 0.6 is 11.8 Å². The Bertz CT molecular complexity index is 677. The zero-order valence-corrected chi connectivity index (χ0v) is 14.2. The molecule has 24 heavy (non-hydrogen) atoms. The molecule has 0 spiro atoms. The molecule has 0 fully saturated rings. The highest BCUT2D eigenvalue weighted by Gasteiger charge is 2.14. The van der Waals surface area contributed by atoms with E-state index in [0.29, 0.717) is 17.7 Å². The first kappa shape index (κ1) is 19.6. The summed E-state index contributed by atoms with van der Waals surface area (Å²) < 4.78 is 18.0. The molecule has 0 radical (unpaired) electrons. The van der Waals surface area contributed by atoms with E-state index >= 15 is 0 Å². The van der Waals surface area contributed by atoms with E-state index in [9.17, 15) is 9.18 Å². The molecule has 4 N–H and O–H groups in total. The third-order valence-corrected chi connectivity index (χ3v) is 3.96. The minimum Gasteiger partial charge on any atom is -0.469 e. The van der Waals surface area contributed by atoms with Crippen LogP contribution in [0.3, 0.4) is 0 Å². The van der Waals surface area contributed by atoms with Crippen molar-refractivity contribution in [3.63, 3.8) is 0 Å². The number of halogens is 1. The van der Waals surface area contributed by atoms with Gasteiger partial charge in [-0.25, -0.2) is 9.38 Å². The van der Waals surface area contributed by atoms with E-state index in [-0.39, 0.29) is 34.6 Å². The average molecular weight is 354 g/mol. The highest BCUT2D eigenvalue weighted by molar-refractivity contribution is 8.16. The Kier molecular flexibility index (Phi) is 7.90. The summed E-state index contributed by atoms with van der Waals surface area (Å²) in [5.41, 5.74) is 6.35. The van der Waals surface area contributed by atoms with Crippen molar-refractivity contribution >= 4 is 40.0 Å². The number of aliphatic imine (C=N–C) groups is 1. The lowest BCUT2D eigenvalue weighted by molar-refractivity contribution is -0.140. The van der Waals surface area contributed by atoms with Gasteiger partial charge in [-0.15, -0.1) is 11.8 Å². The van der Waals surface area contributed by atoms with Crippen molar-refractivity contribution in [2.24, 2.45) is 15.9 Å². The number of hydrogen-bond acceptors (Lipinski definition) is 7. The van der Waals surface area contributed by atoms with Gasteiger partial charge in [0.15, 0.2) is 10.9 Å². The van der Waals surface area contributed by atoms with Gasteiger partial charge in [0.25, 0.3) is 0 Å². The van der Waals surface area contributed by atoms with Crippen LogP contribution in [0.2, 0.25) is 0 Å². The van der Waals surface area contributed by atoms with E-state index in [4.69, 9.17) is 16.4 Å². The molecule has 9 heteroatoms. The number of nitrogens with zero attached hydrogens (tertiary/aromatic N) is 2. The van der Waals surface area contributed by atoms with Gasteiger partial charge in [0.05, 0.1) is 19.2 Å². The number of aryl methyl sites for hydroxylation is 1. The van der Waals surface area contributed by atoms with Crippen molar-refractivity contribution in [2.75, 3.05) is 12.9 Å². The van der Waals surface area contributed by atoms with E-state index < -0.39 is 5.97 Å². The average Bonchev–Trinajstić information content (AvgIpc) is 2.59. The van der Waals surface area contributed by atoms with Crippen LogP contribution in [-0.4, -0.2) is 40.6 Å². The summed E-state index contributed by atoms with van der Waals surface area (Å²) in [7, 11) is 1.27. The molecule has 1 aromatic carbocycles. The van der Waals surface area contributed by atoms with Crippen LogP contribution in [0, 0.1) is 11.2 Å². The van der Waals surface area contributed by atoms with Gasteiger partial charge in [-0.1, -0.05) is 12.1 Å². The van der Waals surface area contributed by atoms with Gasteiger partial charge in [-0.2, -0.15) is 0 Å². The molecule has 1 aromatic rings. The smallest absolute Gasteiger partial charge is 0.306 e. The molecule has 0 bridgehead atoms. The molecule has 0 saturated carbocycles. The van der Waals surface area contributed by atoms with E-state index in [0.717, 1.165) is 11.8 Å². The number of methoxy groups -OCH3 is 1. The molecular weight excluding hydrogens is 335 g/mol. The molecule has 0 atom stereocenters.